The predicted octanol–water partition coefficient (Wildman–Crippen LogP) is 4.82. The molecule has 1 unspecified atom stereocenters. The number of carbonyl (C=O) groups is 1. The third-order valence-corrected chi connectivity index (χ3v) is 5.51. The minimum absolute atomic E-state index is 0.0613. The molecule has 5 heteroatoms. The first-order valence-corrected chi connectivity index (χ1v) is 9.24. The average molecular weight is 339 g/mol. The van der Waals surface area contributed by atoms with Crippen molar-refractivity contribution >= 4 is 17.8 Å². The quantitative estimate of drug-likeness (QED) is 0.872. The van der Waals surface area contributed by atoms with Crippen LogP contribution in [-0.4, -0.2) is 15.7 Å². The first-order valence-electron chi connectivity index (χ1n) is 9.24. The molecule has 4 rings (SSSR count). The number of amides is 1. The highest BCUT2D eigenvalue weighted by Gasteiger charge is 2.34. The van der Waals surface area contributed by atoms with Crippen LogP contribution in [-0.2, 0) is 4.79 Å². The molecule has 1 aliphatic carbocycles. The Labute approximate surface area is 148 Å². The van der Waals surface area contributed by atoms with Crippen LogP contribution in [0.5, 0.6) is 0 Å². The second-order valence-corrected chi connectivity index (χ2v) is 7.29. The van der Waals surface area contributed by atoms with Gasteiger partial charge in [0.1, 0.15) is 11.6 Å². The van der Waals surface area contributed by atoms with Gasteiger partial charge in [0.15, 0.2) is 0 Å². The number of nitrogens with zero attached hydrogens (tertiary/aromatic N) is 2. The van der Waals surface area contributed by atoms with E-state index in [0.717, 1.165) is 35.7 Å². The maximum atomic E-state index is 12.4. The zero-order valence-electron chi connectivity index (χ0n) is 14.9. The first-order chi connectivity index (χ1) is 12.1. The highest BCUT2D eigenvalue weighted by atomic mass is 16.3. The fourth-order valence-electron chi connectivity index (χ4n) is 4.25. The van der Waals surface area contributed by atoms with Crippen molar-refractivity contribution in [1.29, 1.82) is 0 Å². The van der Waals surface area contributed by atoms with Gasteiger partial charge in [0.2, 0.25) is 5.91 Å². The Hall–Kier alpha value is -2.30. The van der Waals surface area contributed by atoms with E-state index in [2.05, 4.69) is 23.8 Å². The molecule has 2 aromatic heterocycles. The highest BCUT2D eigenvalue weighted by molar-refractivity contribution is 5.94. The maximum absolute atomic E-state index is 12.4. The molecule has 2 aliphatic rings. The molecule has 0 radical (unpaired) electrons. The third kappa shape index (κ3) is 3.03. The summed E-state index contributed by atoms with van der Waals surface area (Å²) < 4.78 is 7.53. The van der Waals surface area contributed by atoms with Crippen molar-refractivity contribution in [1.82, 2.24) is 9.78 Å². The Morgan fingerprint density at radius 2 is 2.16 bits per heavy atom. The van der Waals surface area contributed by atoms with Gasteiger partial charge in [-0.3, -0.25) is 4.79 Å². The van der Waals surface area contributed by atoms with Gasteiger partial charge in [0.25, 0.3) is 0 Å². The summed E-state index contributed by atoms with van der Waals surface area (Å²) in [6, 6.07) is 4.22. The van der Waals surface area contributed by atoms with Crippen LogP contribution in [0.2, 0.25) is 0 Å². The van der Waals surface area contributed by atoms with Crippen molar-refractivity contribution in [2.24, 2.45) is 0 Å². The van der Waals surface area contributed by atoms with Gasteiger partial charge in [-0.2, -0.15) is 5.10 Å². The van der Waals surface area contributed by atoms with Gasteiger partial charge in [0, 0.05) is 17.9 Å². The molecule has 0 saturated heterocycles. The molecule has 1 fully saturated rings. The number of fused-ring (bicyclic) bond motifs is 1. The molecule has 2 aromatic rings. The van der Waals surface area contributed by atoms with E-state index in [0.29, 0.717) is 12.5 Å². The van der Waals surface area contributed by atoms with Gasteiger partial charge in [-0.25, -0.2) is 4.68 Å². The topological polar surface area (TPSA) is 60.1 Å². The number of rotatable bonds is 3. The van der Waals surface area contributed by atoms with Crippen molar-refractivity contribution in [2.45, 2.75) is 64.3 Å². The number of furan rings is 1. The number of allylic oxidation sites excluding steroid dienone is 1. The van der Waals surface area contributed by atoms with Crippen LogP contribution in [0, 0.1) is 6.92 Å². The SMILES string of the molecule is C/C(=C\c1ccco1)C1CC(=O)Nc2c1c(C)nn2C1CCCCC1. The molecule has 5 nitrogen and oxygen atoms in total. The molecule has 132 valence electrons. The van der Waals surface area contributed by atoms with Crippen molar-refractivity contribution in [3.8, 4) is 0 Å². The number of anilines is 1. The molecule has 1 aliphatic heterocycles. The molecule has 1 amide bonds. The zero-order valence-corrected chi connectivity index (χ0v) is 14.9. The minimum Gasteiger partial charge on any atom is -0.465 e. The lowest BCUT2D eigenvalue weighted by Gasteiger charge is -2.28. The number of nitrogens with one attached hydrogen (secondary N) is 1. The predicted molar refractivity (Wildman–Crippen MR) is 97.4 cm³/mol. The molecule has 1 saturated carbocycles. The van der Waals surface area contributed by atoms with Crippen molar-refractivity contribution < 1.29 is 9.21 Å². The van der Waals surface area contributed by atoms with E-state index in [1.165, 1.54) is 24.8 Å². The van der Waals surface area contributed by atoms with E-state index in [-0.39, 0.29) is 11.8 Å². The Bertz CT molecular complexity index is 795. The van der Waals surface area contributed by atoms with Crippen molar-refractivity contribution in [3.63, 3.8) is 0 Å². The Balaban J connectivity index is 1.73. The van der Waals surface area contributed by atoms with Crippen LogP contribution < -0.4 is 5.32 Å². The first kappa shape index (κ1) is 16.2. The second kappa shape index (κ2) is 6.54. The summed E-state index contributed by atoms with van der Waals surface area (Å²) in [5, 5.41) is 7.93. The standard InChI is InChI=1S/C20H25N3O2/c1-13(11-16-9-6-10-25-16)17-12-18(24)21-20-19(17)14(2)22-23(20)15-7-4-3-5-8-15/h6,9-11,15,17H,3-5,7-8,12H2,1-2H3,(H,21,24)/b13-11+. The number of aromatic nitrogens is 2. The zero-order chi connectivity index (χ0) is 17.4. The largest absolute Gasteiger partial charge is 0.465 e. The van der Waals surface area contributed by atoms with E-state index in [4.69, 9.17) is 9.52 Å². The van der Waals surface area contributed by atoms with E-state index in [1.807, 2.05) is 18.2 Å². The van der Waals surface area contributed by atoms with Crippen molar-refractivity contribution in [3.05, 3.63) is 41.0 Å². The molecule has 0 bridgehead atoms. The van der Waals surface area contributed by atoms with Gasteiger partial charge < -0.3 is 9.73 Å². The van der Waals surface area contributed by atoms with Crippen LogP contribution in [0.3, 0.4) is 0 Å². The van der Waals surface area contributed by atoms with Crippen LogP contribution in [0.1, 0.15) is 74.4 Å². The van der Waals surface area contributed by atoms with Crippen LogP contribution in [0.15, 0.2) is 28.4 Å². The fourth-order valence-corrected chi connectivity index (χ4v) is 4.25. The Morgan fingerprint density at radius 3 is 2.88 bits per heavy atom. The summed E-state index contributed by atoms with van der Waals surface area (Å²) in [5.41, 5.74) is 3.33. The molecule has 1 atom stereocenters. The third-order valence-electron chi connectivity index (χ3n) is 5.51. The second-order valence-electron chi connectivity index (χ2n) is 7.29. The van der Waals surface area contributed by atoms with Crippen LogP contribution in [0.25, 0.3) is 6.08 Å². The number of aryl methyl sites for hydroxylation is 1. The molecule has 3 heterocycles. The van der Waals surface area contributed by atoms with Crippen molar-refractivity contribution in [2.75, 3.05) is 5.32 Å². The monoisotopic (exact) mass is 339 g/mol. The highest BCUT2D eigenvalue weighted by Crippen LogP contribution is 2.42. The van der Waals surface area contributed by atoms with Crippen LogP contribution >= 0.6 is 0 Å². The fraction of sp³-hybridized carbons (Fsp3) is 0.500. The van der Waals surface area contributed by atoms with Gasteiger partial charge in [-0.1, -0.05) is 24.8 Å². The summed E-state index contributed by atoms with van der Waals surface area (Å²) in [5.74, 6) is 1.87. The molecule has 0 aromatic carbocycles. The minimum atomic E-state index is 0.0613. The molecule has 1 N–H and O–H groups in total. The van der Waals surface area contributed by atoms with E-state index < -0.39 is 0 Å². The van der Waals surface area contributed by atoms with Gasteiger partial charge in [-0.15, -0.1) is 0 Å². The number of carbonyl (C=O) groups excluding carboxylic acids is 1. The lowest BCUT2D eigenvalue weighted by molar-refractivity contribution is -0.116. The maximum Gasteiger partial charge on any atom is 0.226 e. The van der Waals surface area contributed by atoms with E-state index in [9.17, 15) is 4.79 Å². The van der Waals surface area contributed by atoms with Gasteiger partial charge in [-0.05, 0) is 44.9 Å². The summed E-state index contributed by atoms with van der Waals surface area (Å²) in [6.45, 7) is 4.13. The number of hydrogen-bond donors (Lipinski definition) is 1. The lowest BCUT2D eigenvalue weighted by Crippen LogP contribution is -2.26. The molecular weight excluding hydrogens is 314 g/mol. The van der Waals surface area contributed by atoms with Gasteiger partial charge >= 0.3 is 0 Å². The average Bonchev–Trinajstić information content (AvgIpc) is 3.23. The van der Waals surface area contributed by atoms with E-state index >= 15 is 0 Å². The summed E-state index contributed by atoms with van der Waals surface area (Å²) in [7, 11) is 0. The molecule has 0 spiro atoms. The number of hydrogen-bond acceptors (Lipinski definition) is 3. The lowest BCUT2D eigenvalue weighted by atomic mass is 9.85. The summed E-state index contributed by atoms with van der Waals surface area (Å²) in [6.07, 6.45) is 10.3. The molecule has 25 heavy (non-hydrogen) atoms. The van der Waals surface area contributed by atoms with Crippen LogP contribution in [0.4, 0.5) is 5.82 Å². The van der Waals surface area contributed by atoms with Gasteiger partial charge in [0.05, 0.1) is 18.0 Å². The normalized spacial score (nSPS) is 21.9. The molecular formula is C20H25N3O2. The van der Waals surface area contributed by atoms with E-state index in [1.54, 1.807) is 6.26 Å². The summed E-state index contributed by atoms with van der Waals surface area (Å²) >= 11 is 0. The smallest absolute Gasteiger partial charge is 0.226 e. The Morgan fingerprint density at radius 1 is 1.36 bits per heavy atom. The summed E-state index contributed by atoms with van der Waals surface area (Å²) in [4.78, 5) is 12.4. The Kier molecular flexibility index (Phi) is 4.24.